The standard InChI is InChI=1S/C18H19F3N4O3/c1-10-4-13(8-23-17(10)28-9-18(19,20)21)7-22-16(27)14-5-11(2)24-15(6-14)25-12(3)26/h4-6,8H,7,9H2,1-3H3,(H,22,27)(H,24,25,26). The average molecular weight is 396 g/mol. The van der Waals surface area contributed by atoms with Crippen LogP contribution in [0.15, 0.2) is 24.4 Å². The van der Waals surface area contributed by atoms with E-state index in [9.17, 15) is 22.8 Å². The zero-order chi connectivity index (χ0) is 20.9. The summed E-state index contributed by atoms with van der Waals surface area (Å²) in [5, 5.41) is 5.20. The number of nitrogens with one attached hydrogen (secondary N) is 2. The smallest absolute Gasteiger partial charge is 0.422 e. The number of carbonyl (C=O) groups is 2. The Balaban J connectivity index is 2.02. The SMILES string of the molecule is CC(=O)Nc1cc(C(=O)NCc2cnc(OCC(F)(F)F)c(C)c2)cc(C)n1. The molecule has 0 bridgehead atoms. The summed E-state index contributed by atoms with van der Waals surface area (Å²) in [5.74, 6) is -0.551. The average Bonchev–Trinajstić information content (AvgIpc) is 2.56. The lowest BCUT2D eigenvalue weighted by Gasteiger charge is -2.12. The number of aromatic nitrogens is 2. The zero-order valence-corrected chi connectivity index (χ0v) is 15.5. The third kappa shape index (κ3) is 6.53. The molecule has 2 heterocycles. The molecule has 2 N–H and O–H groups in total. The van der Waals surface area contributed by atoms with Crippen LogP contribution >= 0.6 is 0 Å². The molecule has 0 aromatic carbocycles. The number of rotatable bonds is 6. The predicted molar refractivity (Wildman–Crippen MR) is 95.0 cm³/mol. The zero-order valence-electron chi connectivity index (χ0n) is 15.5. The molecule has 2 amide bonds. The molecule has 10 heteroatoms. The maximum atomic E-state index is 12.4. The summed E-state index contributed by atoms with van der Waals surface area (Å²) in [6.45, 7) is 3.28. The molecule has 0 atom stereocenters. The molecule has 0 aliphatic rings. The molecule has 0 saturated carbocycles. The first-order valence-electron chi connectivity index (χ1n) is 8.23. The number of ether oxygens (including phenoxy) is 1. The van der Waals surface area contributed by atoms with Gasteiger partial charge in [-0.05, 0) is 37.6 Å². The molecule has 0 saturated heterocycles. The van der Waals surface area contributed by atoms with E-state index >= 15 is 0 Å². The van der Waals surface area contributed by atoms with Gasteiger partial charge in [0.15, 0.2) is 6.61 Å². The van der Waals surface area contributed by atoms with E-state index < -0.39 is 18.7 Å². The van der Waals surface area contributed by atoms with Crippen LogP contribution in [0.5, 0.6) is 5.88 Å². The monoisotopic (exact) mass is 396 g/mol. The van der Waals surface area contributed by atoms with Crippen LogP contribution in [-0.2, 0) is 11.3 Å². The van der Waals surface area contributed by atoms with Crippen molar-refractivity contribution in [1.82, 2.24) is 15.3 Å². The highest BCUT2D eigenvalue weighted by atomic mass is 19.4. The molecule has 0 fully saturated rings. The van der Waals surface area contributed by atoms with Crippen molar-refractivity contribution in [1.29, 1.82) is 0 Å². The molecular weight excluding hydrogens is 377 g/mol. The van der Waals surface area contributed by atoms with Crippen LogP contribution in [0.4, 0.5) is 19.0 Å². The fraction of sp³-hybridized carbons (Fsp3) is 0.333. The van der Waals surface area contributed by atoms with Crippen molar-refractivity contribution >= 4 is 17.6 Å². The van der Waals surface area contributed by atoms with Crippen molar-refractivity contribution in [3.8, 4) is 5.88 Å². The highest BCUT2D eigenvalue weighted by molar-refractivity contribution is 5.96. The Labute approximate surface area is 159 Å². The van der Waals surface area contributed by atoms with Crippen LogP contribution in [-0.4, -0.2) is 34.6 Å². The molecule has 2 aromatic rings. The van der Waals surface area contributed by atoms with Gasteiger partial charge in [0.1, 0.15) is 5.82 Å². The number of anilines is 1. The van der Waals surface area contributed by atoms with Crippen molar-refractivity contribution in [3.05, 3.63) is 46.8 Å². The minimum absolute atomic E-state index is 0.114. The highest BCUT2D eigenvalue weighted by Gasteiger charge is 2.29. The van der Waals surface area contributed by atoms with Gasteiger partial charge in [-0.25, -0.2) is 9.97 Å². The van der Waals surface area contributed by atoms with Gasteiger partial charge in [-0.15, -0.1) is 0 Å². The lowest BCUT2D eigenvalue weighted by Crippen LogP contribution is -2.24. The largest absolute Gasteiger partial charge is 0.468 e. The fourth-order valence-electron chi connectivity index (χ4n) is 2.35. The quantitative estimate of drug-likeness (QED) is 0.783. The first-order valence-corrected chi connectivity index (χ1v) is 8.23. The van der Waals surface area contributed by atoms with E-state index in [2.05, 4.69) is 25.3 Å². The molecular formula is C18H19F3N4O3. The molecule has 2 aromatic heterocycles. The number of nitrogens with zero attached hydrogens (tertiary/aromatic N) is 2. The van der Waals surface area contributed by atoms with E-state index in [0.29, 0.717) is 22.4 Å². The van der Waals surface area contributed by atoms with Crippen molar-refractivity contribution in [3.63, 3.8) is 0 Å². The van der Waals surface area contributed by atoms with Crippen molar-refractivity contribution in [2.45, 2.75) is 33.5 Å². The summed E-state index contributed by atoms with van der Waals surface area (Å²) >= 11 is 0. The second-order valence-electron chi connectivity index (χ2n) is 6.12. The van der Waals surface area contributed by atoms with Gasteiger partial charge in [0.05, 0.1) is 0 Å². The molecule has 0 spiro atoms. The Hall–Kier alpha value is -3.17. The van der Waals surface area contributed by atoms with Crippen molar-refractivity contribution in [2.24, 2.45) is 0 Å². The Morgan fingerprint density at radius 1 is 1.18 bits per heavy atom. The van der Waals surface area contributed by atoms with Gasteiger partial charge in [-0.2, -0.15) is 13.2 Å². The summed E-state index contributed by atoms with van der Waals surface area (Å²) in [5.41, 5.74) is 1.88. The summed E-state index contributed by atoms with van der Waals surface area (Å²) in [6, 6.07) is 4.60. The Bertz CT molecular complexity index is 885. The third-order valence-corrected chi connectivity index (χ3v) is 3.43. The van der Waals surface area contributed by atoms with Gasteiger partial charge < -0.3 is 15.4 Å². The van der Waals surface area contributed by atoms with E-state index in [0.717, 1.165) is 0 Å². The number of halogens is 3. The van der Waals surface area contributed by atoms with Gasteiger partial charge in [0.25, 0.3) is 5.91 Å². The maximum absolute atomic E-state index is 12.4. The second kappa shape index (κ2) is 8.68. The number of alkyl halides is 3. The molecule has 0 radical (unpaired) electrons. The third-order valence-electron chi connectivity index (χ3n) is 3.43. The van der Waals surface area contributed by atoms with E-state index in [-0.39, 0.29) is 24.1 Å². The molecule has 7 nitrogen and oxygen atoms in total. The van der Waals surface area contributed by atoms with Crippen molar-refractivity contribution in [2.75, 3.05) is 11.9 Å². The molecule has 150 valence electrons. The second-order valence-corrected chi connectivity index (χ2v) is 6.12. The Morgan fingerprint density at radius 3 is 2.50 bits per heavy atom. The van der Waals surface area contributed by atoms with E-state index in [1.54, 1.807) is 26.0 Å². The Morgan fingerprint density at radius 2 is 1.89 bits per heavy atom. The first kappa shape index (κ1) is 21.1. The molecule has 0 unspecified atom stereocenters. The van der Waals surface area contributed by atoms with Crippen molar-refractivity contribution < 1.29 is 27.5 Å². The van der Waals surface area contributed by atoms with Crippen LogP contribution in [0.2, 0.25) is 0 Å². The predicted octanol–water partition coefficient (Wildman–Crippen LogP) is 2.92. The number of aryl methyl sites for hydroxylation is 2. The van der Waals surface area contributed by atoms with Gasteiger partial charge in [-0.3, -0.25) is 9.59 Å². The molecule has 0 aliphatic heterocycles. The molecule has 2 rings (SSSR count). The minimum Gasteiger partial charge on any atom is -0.468 e. The Kier molecular flexibility index (Phi) is 6.55. The van der Waals surface area contributed by atoms with Crippen LogP contribution < -0.4 is 15.4 Å². The number of pyridine rings is 2. The van der Waals surface area contributed by atoms with Crippen LogP contribution in [0.25, 0.3) is 0 Å². The molecule has 0 aliphatic carbocycles. The number of hydrogen-bond acceptors (Lipinski definition) is 5. The highest BCUT2D eigenvalue weighted by Crippen LogP contribution is 2.20. The van der Waals surface area contributed by atoms with Gasteiger partial charge in [0.2, 0.25) is 11.8 Å². The normalized spacial score (nSPS) is 11.1. The fourth-order valence-corrected chi connectivity index (χ4v) is 2.35. The van der Waals surface area contributed by atoms with E-state index in [4.69, 9.17) is 0 Å². The van der Waals surface area contributed by atoms with E-state index in [1.807, 2.05) is 0 Å². The minimum atomic E-state index is -4.44. The van der Waals surface area contributed by atoms with Crippen LogP contribution in [0.1, 0.15) is 34.1 Å². The summed E-state index contributed by atoms with van der Waals surface area (Å²) in [7, 11) is 0. The van der Waals surface area contributed by atoms with Gasteiger partial charge in [-0.1, -0.05) is 0 Å². The first-order chi connectivity index (χ1) is 13.0. The number of amides is 2. The topological polar surface area (TPSA) is 93.2 Å². The molecule has 28 heavy (non-hydrogen) atoms. The summed E-state index contributed by atoms with van der Waals surface area (Å²) in [6.07, 6.45) is -3.11. The number of carbonyl (C=O) groups excluding carboxylic acids is 2. The van der Waals surface area contributed by atoms with Gasteiger partial charge >= 0.3 is 6.18 Å². The maximum Gasteiger partial charge on any atom is 0.422 e. The van der Waals surface area contributed by atoms with E-state index in [1.165, 1.54) is 19.2 Å². The summed E-state index contributed by atoms with van der Waals surface area (Å²) < 4.78 is 41.3. The van der Waals surface area contributed by atoms with Crippen LogP contribution in [0.3, 0.4) is 0 Å². The summed E-state index contributed by atoms with van der Waals surface area (Å²) in [4.78, 5) is 31.5. The lowest BCUT2D eigenvalue weighted by atomic mass is 10.2. The number of hydrogen-bond donors (Lipinski definition) is 2. The van der Waals surface area contributed by atoms with Gasteiger partial charge in [0, 0.05) is 36.5 Å². The lowest BCUT2D eigenvalue weighted by molar-refractivity contribution is -0.154. The van der Waals surface area contributed by atoms with Crippen LogP contribution in [0, 0.1) is 13.8 Å².